The third kappa shape index (κ3) is 2.75. The summed E-state index contributed by atoms with van der Waals surface area (Å²) in [6, 6.07) is 2.09. The van der Waals surface area contributed by atoms with Gasteiger partial charge < -0.3 is 15.7 Å². The topological polar surface area (TPSA) is 66.6 Å². The largest absolute Gasteiger partial charge is 0.396 e. The molecule has 0 spiro atoms. The monoisotopic (exact) mass is 284 g/mol. The molecule has 1 aromatic rings. The summed E-state index contributed by atoms with van der Waals surface area (Å²) < 4.78 is 27.7. The van der Waals surface area contributed by atoms with Crippen molar-refractivity contribution in [3.63, 3.8) is 0 Å². The molecule has 0 unspecified atom stereocenters. The van der Waals surface area contributed by atoms with E-state index in [1.165, 1.54) is 4.90 Å². The summed E-state index contributed by atoms with van der Waals surface area (Å²) >= 11 is 0. The molecule has 0 radical (unpaired) electrons. The van der Waals surface area contributed by atoms with Crippen LogP contribution in [0.1, 0.15) is 36.0 Å². The molecule has 110 valence electrons. The van der Waals surface area contributed by atoms with Crippen molar-refractivity contribution in [2.24, 2.45) is 0 Å². The highest BCUT2D eigenvalue weighted by Gasteiger charge is 2.32. The number of carbonyl (C=O) groups is 1. The van der Waals surface area contributed by atoms with E-state index in [-0.39, 0.29) is 24.9 Å². The first kappa shape index (κ1) is 14.7. The van der Waals surface area contributed by atoms with Gasteiger partial charge in [0.05, 0.1) is 5.69 Å². The average molecular weight is 284 g/mol. The Morgan fingerprint density at radius 1 is 1.40 bits per heavy atom. The van der Waals surface area contributed by atoms with Gasteiger partial charge in [0.1, 0.15) is 11.4 Å². The van der Waals surface area contributed by atoms with Crippen LogP contribution in [0.5, 0.6) is 0 Å². The van der Waals surface area contributed by atoms with Gasteiger partial charge in [0.15, 0.2) is 5.82 Å². The Morgan fingerprint density at radius 2 is 2.10 bits per heavy atom. The van der Waals surface area contributed by atoms with Crippen molar-refractivity contribution >= 4 is 11.6 Å². The molecule has 0 heterocycles. The van der Waals surface area contributed by atoms with E-state index in [4.69, 9.17) is 10.8 Å². The lowest BCUT2D eigenvalue weighted by molar-refractivity contribution is 0.0553. The number of hydrogen-bond donors (Lipinski definition) is 2. The third-order valence-electron chi connectivity index (χ3n) is 3.67. The number of carbonyl (C=O) groups excluding carboxylic acids is 1. The van der Waals surface area contributed by atoms with E-state index in [0.29, 0.717) is 6.42 Å². The zero-order valence-electron chi connectivity index (χ0n) is 11.1. The maximum absolute atomic E-state index is 13.9. The smallest absolute Gasteiger partial charge is 0.260 e. The van der Waals surface area contributed by atoms with E-state index >= 15 is 0 Å². The van der Waals surface area contributed by atoms with Gasteiger partial charge in [0.2, 0.25) is 0 Å². The van der Waals surface area contributed by atoms with Crippen LogP contribution in [0.15, 0.2) is 12.1 Å². The highest BCUT2D eigenvalue weighted by molar-refractivity contribution is 5.96. The van der Waals surface area contributed by atoms with Gasteiger partial charge >= 0.3 is 0 Å². The van der Waals surface area contributed by atoms with Gasteiger partial charge in [-0.2, -0.15) is 0 Å². The Bertz CT molecular complexity index is 504. The predicted molar refractivity (Wildman–Crippen MR) is 71.1 cm³/mol. The molecule has 0 aromatic heterocycles. The first-order valence-corrected chi connectivity index (χ1v) is 6.71. The van der Waals surface area contributed by atoms with E-state index in [0.717, 1.165) is 31.4 Å². The predicted octanol–water partition coefficient (Wildman–Crippen LogP) is 1.92. The van der Waals surface area contributed by atoms with Crippen molar-refractivity contribution < 1.29 is 18.7 Å². The lowest BCUT2D eigenvalue weighted by atomic mass is 9.90. The summed E-state index contributed by atoms with van der Waals surface area (Å²) in [4.78, 5) is 13.8. The Morgan fingerprint density at radius 3 is 2.65 bits per heavy atom. The number of nitrogens with zero attached hydrogens (tertiary/aromatic N) is 1. The number of anilines is 1. The molecule has 0 aliphatic heterocycles. The standard InChI is InChI=1S/C14H18F2N2O2/c15-10-5-6-11(17)13(16)12(10)14(20)18(7-2-8-19)9-3-1-4-9/h5-6,9,19H,1-4,7-8,17H2. The van der Waals surface area contributed by atoms with Crippen molar-refractivity contribution in [2.45, 2.75) is 31.7 Å². The molecule has 1 saturated carbocycles. The van der Waals surface area contributed by atoms with E-state index in [1.54, 1.807) is 0 Å². The lowest BCUT2D eigenvalue weighted by Crippen LogP contribution is -2.45. The number of halogens is 2. The fourth-order valence-corrected chi connectivity index (χ4v) is 2.30. The normalized spacial score (nSPS) is 14.9. The minimum absolute atomic E-state index is 0.00530. The molecule has 1 aromatic carbocycles. The van der Waals surface area contributed by atoms with Gasteiger partial charge in [-0.05, 0) is 37.8 Å². The van der Waals surface area contributed by atoms with Crippen LogP contribution < -0.4 is 5.73 Å². The highest BCUT2D eigenvalue weighted by Crippen LogP contribution is 2.28. The van der Waals surface area contributed by atoms with Gasteiger partial charge in [-0.3, -0.25) is 4.79 Å². The second kappa shape index (κ2) is 6.17. The number of rotatable bonds is 5. The van der Waals surface area contributed by atoms with Gasteiger partial charge in [-0.25, -0.2) is 8.78 Å². The Labute approximate surface area is 116 Å². The third-order valence-corrected chi connectivity index (χ3v) is 3.67. The van der Waals surface area contributed by atoms with E-state index in [2.05, 4.69) is 0 Å². The molecule has 0 saturated heterocycles. The molecule has 1 fully saturated rings. The molecule has 1 amide bonds. The molecule has 2 rings (SSSR count). The number of amides is 1. The van der Waals surface area contributed by atoms with Crippen molar-refractivity contribution in [1.82, 2.24) is 4.90 Å². The quantitative estimate of drug-likeness (QED) is 0.812. The SMILES string of the molecule is Nc1ccc(F)c(C(=O)N(CCCO)C2CCC2)c1F. The Kier molecular flexibility index (Phi) is 4.54. The molecule has 4 nitrogen and oxygen atoms in total. The van der Waals surface area contributed by atoms with Gasteiger partial charge in [0, 0.05) is 19.2 Å². The number of hydrogen-bond acceptors (Lipinski definition) is 3. The molecule has 0 bridgehead atoms. The van der Waals surface area contributed by atoms with E-state index in [1.807, 2.05) is 0 Å². The fourth-order valence-electron chi connectivity index (χ4n) is 2.30. The average Bonchev–Trinajstić information content (AvgIpc) is 2.36. The zero-order valence-corrected chi connectivity index (χ0v) is 11.1. The number of aliphatic hydroxyl groups is 1. The van der Waals surface area contributed by atoms with Crippen LogP contribution in [0.4, 0.5) is 14.5 Å². The van der Waals surface area contributed by atoms with Crippen LogP contribution in [0, 0.1) is 11.6 Å². The second-order valence-electron chi connectivity index (χ2n) is 4.99. The molecule has 0 atom stereocenters. The zero-order chi connectivity index (χ0) is 14.7. The van der Waals surface area contributed by atoms with E-state index in [9.17, 15) is 13.6 Å². The summed E-state index contributed by atoms with van der Waals surface area (Å²) in [6.07, 6.45) is 3.02. The van der Waals surface area contributed by atoms with Gasteiger partial charge in [-0.15, -0.1) is 0 Å². The van der Waals surface area contributed by atoms with E-state index < -0.39 is 23.1 Å². The Hall–Kier alpha value is -1.69. The molecule has 6 heteroatoms. The summed E-state index contributed by atoms with van der Waals surface area (Å²) in [5.74, 6) is -2.61. The summed E-state index contributed by atoms with van der Waals surface area (Å²) in [7, 11) is 0. The van der Waals surface area contributed by atoms with Gasteiger partial charge in [0.25, 0.3) is 5.91 Å². The van der Waals surface area contributed by atoms with Crippen LogP contribution in [0.2, 0.25) is 0 Å². The highest BCUT2D eigenvalue weighted by atomic mass is 19.1. The summed E-state index contributed by atoms with van der Waals surface area (Å²) in [5, 5.41) is 8.89. The minimum Gasteiger partial charge on any atom is -0.396 e. The summed E-state index contributed by atoms with van der Waals surface area (Å²) in [5.41, 5.74) is 4.55. The molecule has 3 N–H and O–H groups in total. The first-order chi connectivity index (χ1) is 9.56. The minimum atomic E-state index is -1.01. The molecule has 1 aliphatic carbocycles. The van der Waals surface area contributed by atoms with Crippen molar-refractivity contribution in [3.05, 3.63) is 29.3 Å². The van der Waals surface area contributed by atoms with Crippen LogP contribution in [0.25, 0.3) is 0 Å². The molecular weight excluding hydrogens is 266 g/mol. The number of aliphatic hydroxyl groups excluding tert-OH is 1. The Balaban J connectivity index is 2.29. The van der Waals surface area contributed by atoms with Crippen molar-refractivity contribution in [2.75, 3.05) is 18.9 Å². The van der Waals surface area contributed by atoms with Gasteiger partial charge in [-0.1, -0.05) is 0 Å². The number of nitrogen functional groups attached to an aromatic ring is 1. The summed E-state index contributed by atoms with van der Waals surface area (Å²) in [6.45, 7) is 0.214. The molecular formula is C14H18F2N2O2. The van der Waals surface area contributed by atoms with Crippen molar-refractivity contribution in [1.29, 1.82) is 0 Å². The fraction of sp³-hybridized carbons (Fsp3) is 0.500. The number of nitrogens with two attached hydrogens (primary N) is 1. The maximum atomic E-state index is 13.9. The van der Waals surface area contributed by atoms with Crippen molar-refractivity contribution in [3.8, 4) is 0 Å². The molecule has 1 aliphatic rings. The molecule has 20 heavy (non-hydrogen) atoms. The first-order valence-electron chi connectivity index (χ1n) is 6.71. The van der Waals surface area contributed by atoms with Crippen LogP contribution >= 0.6 is 0 Å². The maximum Gasteiger partial charge on any atom is 0.260 e. The lowest BCUT2D eigenvalue weighted by Gasteiger charge is -2.37. The van der Waals surface area contributed by atoms with Crippen LogP contribution in [-0.4, -0.2) is 35.1 Å². The van der Waals surface area contributed by atoms with Crippen LogP contribution in [0.3, 0.4) is 0 Å². The van der Waals surface area contributed by atoms with Crippen LogP contribution in [-0.2, 0) is 0 Å². The number of benzene rings is 1. The second-order valence-corrected chi connectivity index (χ2v) is 4.99.